The Hall–Kier alpha value is -1.26. The molecular weight excluding hydrogens is 230 g/mol. The van der Waals surface area contributed by atoms with Crippen LogP contribution in [-0.2, 0) is 6.54 Å². The number of aliphatic hydroxyl groups excluding tert-OH is 1. The van der Waals surface area contributed by atoms with Crippen molar-refractivity contribution in [3.05, 3.63) is 23.8 Å². The van der Waals surface area contributed by atoms with Crippen LogP contribution >= 0.6 is 0 Å². The van der Waals surface area contributed by atoms with Gasteiger partial charge in [0.1, 0.15) is 11.5 Å². The molecule has 0 heterocycles. The van der Waals surface area contributed by atoms with Crippen LogP contribution in [0.5, 0.6) is 11.5 Å². The number of benzene rings is 1. The smallest absolute Gasteiger partial charge is 0.127 e. The molecule has 0 saturated heterocycles. The summed E-state index contributed by atoms with van der Waals surface area (Å²) in [5.74, 6) is 1.64. The molecule has 1 aromatic rings. The molecule has 0 fully saturated rings. The summed E-state index contributed by atoms with van der Waals surface area (Å²) in [6.45, 7) is 5.70. The molecule has 4 nitrogen and oxygen atoms in total. The van der Waals surface area contributed by atoms with Gasteiger partial charge in [-0.25, -0.2) is 0 Å². The summed E-state index contributed by atoms with van der Waals surface area (Å²) >= 11 is 0. The van der Waals surface area contributed by atoms with Crippen molar-refractivity contribution in [2.24, 2.45) is 11.7 Å². The summed E-state index contributed by atoms with van der Waals surface area (Å²) in [7, 11) is 0. The van der Waals surface area contributed by atoms with Gasteiger partial charge in [-0.15, -0.1) is 0 Å². The van der Waals surface area contributed by atoms with Crippen LogP contribution in [0.2, 0.25) is 0 Å². The molecule has 0 spiro atoms. The van der Waals surface area contributed by atoms with Gasteiger partial charge in [0.25, 0.3) is 0 Å². The largest absolute Gasteiger partial charge is 0.493 e. The molecule has 1 atom stereocenters. The van der Waals surface area contributed by atoms with Gasteiger partial charge in [0.2, 0.25) is 0 Å². The van der Waals surface area contributed by atoms with E-state index in [9.17, 15) is 0 Å². The summed E-state index contributed by atoms with van der Waals surface area (Å²) < 4.78 is 11.2. The molecule has 0 aliphatic carbocycles. The SMILES string of the molecule is CCCOc1ccc(CN)c(OCC(C)CO)c1. The van der Waals surface area contributed by atoms with Crippen LogP contribution in [0, 0.1) is 5.92 Å². The fourth-order valence-electron chi connectivity index (χ4n) is 1.43. The molecule has 0 radical (unpaired) electrons. The summed E-state index contributed by atoms with van der Waals surface area (Å²) in [5, 5.41) is 8.98. The molecule has 0 saturated carbocycles. The minimum Gasteiger partial charge on any atom is -0.493 e. The van der Waals surface area contributed by atoms with Gasteiger partial charge in [0.15, 0.2) is 0 Å². The number of ether oxygens (including phenoxy) is 2. The number of rotatable bonds is 8. The van der Waals surface area contributed by atoms with Gasteiger partial charge in [-0.3, -0.25) is 0 Å². The number of aliphatic hydroxyl groups is 1. The highest BCUT2D eigenvalue weighted by Crippen LogP contribution is 2.25. The average Bonchev–Trinajstić information content (AvgIpc) is 2.42. The minimum absolute atomic E-state index is 0.107. The molecule has 18 heavy (non-hydrogen) atoms. The quantitative estimate of drug-likeness (QED) is 0.743. The van der Waals surface area contributed by atoms with Crippen LogP contribution in [0.1, 0.15) is 25.8 Å². The van der Waals surface area contributed by atoms with Crippen LogP contribution in [0.3, 0.4) is 0 Å². The van der Waals surface area contributed by atoms with E-state index in [0.717, 1.165) is 23.5 Å². The van der Waals surface area contributed by atoms with Crippen molar-refractivity contribution in [1.29, 1.82) is 0 Å². The van der Waals surface area contributed by atoms with E-state index in [1.165, 1.54) is 0 Å². The van der Waals surface area contributed by atoms with Crippen LogP contribution in [0.15, 0.2) is 18.2 Å². The minimum atomic E-state index is 0.107. The second kappa shape index (κ2) is 7.95. The lowest BCUT2D eigenvalue weighted by Crippen LogP contribution is -2.13. The zero-order valence-corrected chi connectivity index (χ0v) is 11.2. The Morgan fingerprint density at radius 2 is 2.11 bits per heavy atom. The second-order valence-corrected chi connectivity index (χ2v) is 4.42. The number of nitrogens with two attached hydrogens (primary N) is 1. The highest BCUT2D eigenvalue weighted by molar-refractivity contribution is 5.40. The summed E-state index contributed by atoms with van der Waals surface area (Å²) in [5.41, 5.74) is 6.62. The highest BCUT2D eigenvalue weighted by atomic mass is 16.5. The van der Waals surface area contributed by atoms with Crippen molar-refractivity contribution in [2.45, 2.75) is 26.8 Å². The molecule has 1 unspecified atom stereocenters. The standard InChI is InChI=1S/C14H23NO3/c1-3-6-17-13-5-4-12(8-15)14(7-13)18-10-11(2)9-16/h4-5,7,11,16H,3,6,8-10,15H2,1-2H3. The lowest BCUT2D eigenvalue weighted by Gasteiger charge is -2.15. The fourth-order valence-corrected chi connectivity index (χ4v) is 1.43. The third kappa shape index (κ3) is 4.55. The van der Waals surface area contributed by atoms with E-state index < -0.39 is 0 Å². The van der Waals surface area contributed by atoms with Crippen LogP contribution in [0.25, 0.3) is 0 Å². The van der Waals surface area contributed by atoms with E-state index >= 15 is 0 Å². The lowest BCUT2D eigenvalue weighted by molar-refractivity contribution is 0.173. The summed E-state index contributed by atoms with van der Waals surface area (Å²) in [6.07, 6.45) is 0.969. The zero-order valence-electron chi connectivity index (χ0n) is 11.2. The number of hydrogen-bond donors (Lipinski definition) is 2. The molecule has 1 aromatic carbocycles. The van der Waals surface area contributed by atoms with Gasteiger partial charge in [0, 0.05) is 30.7 Å². The molecule has 0 aliphatic rings. The molecule has 0 bridgehead atoms. The monoisotopic (exact) mass is 253 g/mol. The predicted molar refractivity (Wildman–Crippen MR) is 71.9 cm³/mol. The number of hydrogen-bond acceptors (Lipinski definition) is 4. The van der Waals surface area contributed by atoms with E-state index in [-0.39, 0.29) is 12.5 Å². The molecule has 102 valence electrons. The maximum atomic E-state index is 8.98. The summed E-state index contributed by atoms with van der Waals surface area (Å²) in [6, 6.07) is 5.69. The average molecular weight is 253 g/mol. The van der Waals surface area contributed by atoms with Gasteiger partial charge < -0.3 is 20.3 Å². The Bertz CT molecular complexity index is 355. The van der Waals surface area contributed by atoms with Gasteiger partial charge >= 0.3 is 0 Å². The first kappa shape index (κ1) is 14.8. The fraction of sp³-hybridized carbons (Fsp3) is 0.571. The van der Waals surface area contributed by atoms with E-state index in [1.54, 1.807) is 0 Å². The third-order valence-corrected chi connectivity index (χ3v) is 2.57. The molecule has 0 amide bonds. The Morgan fingerprint density at radius 3 is 2.72 bits per heavy atom. The second-order valence-electron chi connectivity index (χ2n) is 4.42. The normalized spacial score (nSPS) is 12.2. The summed E-state index contributed by atoms with van der Waals surface area (Å²) in [4.78, 5) is 0. The molecular formula is C14H23NO3. The Morgan fingerprint density at radius 1 is 1.33 bits per heavy atom. The van der Waals surface area contributed by atoms with Crippen molar-refractivity contribution in [1.82, 2.24) is 0 Å². The first-order valence-corrected chi connectivity index (χ1v) is 6.40. The molecule has 0 aliphatic heterocycles. The maximum Gasteiger partial charge on any atom is 0.127 e. The van der Waals surface area contributed by atoms with Crippen molar-refractivity contribution in [3.8, 4) is 11.5 Å². The third-order valence-electron chi connectivity index (χ3n) is 2.57. The first-order valence-electron chi connectivity index (χ1n) is 6.40. The van der Waals surface area contributed by atoms with Crippen LogP contribution < -0.4 is 15.2 Å². The predicted octanol–water partition coefficient (Wildman–Crippen LogP) is 1.94. The molecule has 3 N–H and O–H groups in total. The van der Waals surface area contributed by atoms with E-state index in [2.05, 4.69) is 6.92 Å². The van der Waals surface area contributed by atoms with E-state index in [4.69, 9.17) is 20.3 Å². The van der Waals surface area contributed by atoms with Crippen molar-refractivity contribution < 1.29 is 14.6 Å². The van der Waals surface area contributed by atoms with E-state index in [0.29, 0.717) is 19.8 Å². The molecule has 0 aromatic heterocycles. The van der Waals surface area contributed by atoms with Crippen molar-refractivity contribution in [2.75, 3.05) is 19.8 Å². The van der Waals surface area contributed by atoms with Crippen molar-refractivity contribution >= 4 is 0 Å². The Labute approximate surface area is 109 Å². The molecule has 1 rings (SSSR count). The first-order chi connectivity index (χ1) is 8.71. The van der Waals surface area contributed by atoms with Crippen LogP contribution in [0.4, 0.5) is 0 Å². The topological polar surface area (TPSA) is 64.7 Å². The lowest BCUT2D eigenvalue weighted by atomic mass is 10.2. The van der Waals surface area contributed by atoms with Crippen molar-refractivity contribution in [3.63, 3.8) is 0 Å². The highest BCUT2D eigenvalue weighted by Gasteiger charge is 2.07. The zero-order chi connectivity index (χ0) is 13.4. The van der Waals surface area contributed by atoms with Gasteiger partial charge in [0.05, 0.1) is 13.2 Å². The van der Waals surface area contributed by atoms with Crippen LogP contribution in [-0.4, -0.2) is 24.9 Å². The Balaban J connectivity index is 2.71. The van der Waals surface area contributed by atoms with E-state index in [1.807, 2.05) is 25.1 Å². The maximum absolute atomic E-state index is 8.98. The van der Waals surface area contributed by atoms with Gasteiger partial charge in [-0.1, -0.05) is 19.9 Å². The Kier molecular flexibility index (Phi) is 6.54. The van der Waals surface area contributed by atoms with Gasteiger partial charge in [-0.05, 0) is 12.5 Å². The van der Waals surface area contributed by atoms with Gasteiger partial charge in [-0.2, -0.15) is 0 Å². The molecule has 4 heteroatoms.